The van der Waals surface area contributed by atoms with Gasteiger partial charge in [0.15, 0.2) is 17.3 Å². The van der Waals surface area contributed by atoms with Crippen LogP contribution in [0.2, 0.25) is 0 Å². The number of ether oxygens (including phenoxy) is 4. The number of aromatic nitrogens is 2. The minimum atomic E-state index is -0.495. The van der Waals surface area contributed by atoms with Crippen LogP contribution >= 0.6 is 0 Å². The Morgan fingerprint density at radius 2 is 1.86 bits per heavy atom. The van der Waals surface area contributed by atoms with E-state index in [0.717, 1.165) is 17.1 Å². The molecule has 29 heavy (non-hydrogen) atoms. The topological polar surface area (TPSA) is 95.0 Å². The Labute approximate surface area is 167 Å². The lowest BCUT2D eigenvalue weighted by atomic mass is 10.0. The average Bonchev–Trinajstić information content (AvgIpc) is 3.42. The number of hydrogen-bond acceptors (Lipinski definition) is 8. The first-order valence-electron chi connectivity index (χ1n) is 9.72. The van der Waals surface area contributed by atoms with Gasteiger partial charge in [-0.2, -0.15) is 0 Å². The SMILES string of the molecule is O=C(c1cnc(NCc2ccc3c(c2)OCO3)cn1)N1CCC2(CC1)OCCO2. The van der Waals surface area contributed by atoms with E-state index in [1.54, 1.807) is 11.1 Å². The summed E-state index contributed by atoms with van der Waals surface area (Å²) in [6.45, 7) is 3.24. The summed E-state index contributed by atoms with van der Waals surface area (Å²) in [7, 11) is 0. The van der Waals surface area contributed by atoms with Gasteiger partial charge in [0, 0.05) is 32.5 Å². The zero-order valence-electron chi connectivity index (χ0n) is 15.9. The van der Waals surface area contributed by atoms with Crippen molar-refractivity contribution in [3.05, 3.63) is 41.9 Å². The van der Waals surface area contributed by atoms with Crippen molar-refractivity contribution >= 4 is 11.7 Å². The molecule has 2 saturated heterocycles. The largest absolute Gasteiger partial charge is 0.454 e. The van der Waals surface area contributed by atoms with Crippen molar-refractivity contribution in [2.45, 2.75) is 25.2 Å². The van der Waals surface area contributed by atoms with Gasteiger partial charge in [0.25, 0.3) is 5.91 Å². The molecule has 0 atom stereocenters. The van der Waals surface area contributed by atoms with E-state index >= 15 is 0 Å². The molecule has 152 valence electrons. The third kappa shape index (κ3) is 3.70. The number of nitrogens with zero attached hydrogens (tertiary/aromatic N) is 3. The smallest absolute Gasteiger partial charge is 0.274 e. The molecule has 0 unspecified atom stereocenters. The number of hydrogen-bond donors (Lipinski definition) is 1. The number of rotatable bonds is 4. The van der Waals surface area contributed by atoms with E-state index in [-0.39, 0.29) is 12.7 Å². The number of carbonyl (C=O) groups is 1. The number of amides is 1. The molecule has 1 aromatic carbocycles. The predicted octanol–water partition coefficient (Wildman–Crippen LogP) is 1.80. The molecule has 4 heterocycles. The highest BCUT2D eigenvalue weighted by atomic mass is 16.7. The van der Waals surface area contributed by atoms with Gasteiger partial charge in [0.1, 0.15) is 11.5 Å². The fraction of sp³-hybridized carbons (Fsp3) is 0.450. The maximum absolute atomic E-state index is 12.7. The van der Waals surface area contributed by atoms with Crippen molar-refractivity contribution in [3.8, 4) is 11.5 Å². The number of fused-ring (bicyclic) bond motifs is 1. The maximum Gasteiger partial charge on any atom is 0.274 e. The van der Waals surface area contributed by atoms with Gasteiger partial charge in [-0.25, -0.2) is 9.97 Å². The van der Waals surface area contributed by atoms with Crippen LogP contribution in [0.1, 0.15) is 28.9 Å². The molecule has 2 aromatic rings. The van der Waals surface area contributed by atoms with Gasteiger partial charge in [-0.3, -0.25) is 4.79 Å². The summed E-state index contributed by atoms with van der Waals surface area (Å²) in [6, 6.07) is 5.78. The molecule has 5 rings (SSSR count). The molecule has 3 aliphatic rings. The van der Waals surface area contributed by atoms with Crippen LogP contribution in [0, 0.1) is 0 Å². The van der Waals surface area contributed by atoms with Gasteiger partial charge in [-0.1, -0.05) is 6.07 Å². The first-order valence-corrected chi connectivity index (χ1v) is 9.72. The zero-order valence-corrected chi connectivity index (χ0v) is 15.9. The molecule has 2 fully saturated rings. The number of anilines is 1. The Bertz CT molecular complexity index is 888. The Morgan fingerprint density at radius 3 is 2.62 bits per heavy atom. The molecule has 0 radical (unpaired) electrons. The minimum absolute atomic E-state index is 0.118. The van der Waals surface area contributed by atoms with Gasteiger partial charge in [0.2, 0.25) is 6.79 Å². The van der Waals surface area contributed by atoms with Gasteiger partial charge in [0.05, 0.1) is 25.6 Å². The second-order valence-corrected chi connectivity index (χ2v) is 7.23. The van der Waals surface area contributed by atoms with Crippen molar-refractivity contribution < 1.29 is 23.7 Å². The molecule has 3 aliphatic heterocycles. The third-order valence-corrected chi connectivity index (χ3v) is 5.41. The van der Waals surface area contributed by atoms with Crippen LogP contribution in [0.5, 0.6) is 11.5 Å². The van der Waals surface area contributed by atoms with Crippen LogP contribution in [0.4, 0.5) is 5.82 Å². The van der Waals surface area contributed by atoms with E-state index in [1.165, 1.54) is 6.20 Å². The second kappa shape index (κ2) is 7.49. The first kappa shape index (κ1) is 18.1. The molecule has 0 bridgehead atoms. The fourth-order valence-corrected chi connectivity index (χ4v) is 3.77. The van der Waals surface area contributed by atoms with Crippen LogP contribution in [0.25, 0.3) is 0 Å². The van der Waals surface area contributed by atoms with Crippen molar-refractivity contribution in [2.24, 2.45) is 0 Å². The Hall–Kier alpha value is -2.91. The van der Waals surface area contributed by atoms with Crippen LogP contribution in [0.3, 0.4) is 0 Å². The van der Waals surface area contributed by atoms with E-state index in [1.807, 2.05) is 18.2 Å². The van der Waals surface area contributed by atoms with Gasteiger partial charge < -0.3 is 29.2 Å². The van der Waals surface area contributed by atoms with Crippen LogP contribution in [-0.4, -0.2) is 59.7 Å². The summed E-state index contributed by atoms with van der Waals surface area (Å²) in [5, 5.41) is 3.20. The summed E-state index contributed by atoms with van der Waals surface area (Å²) in [5.41, 5.74) is 1.37. The normalized spacial score (nSPS) is 19.5. The van der Waals surface area contributed by atoms with Crippen molar-refractivity contribution in [2.75, 3.05) is 38.4 Å². The van der Waals surface area contributed by atoms with Crippen molar-refractivity contribution in [1.29, 1.82) is 0 Å². The molecule has 1 N–H and O–H groups in total. The zero-order chi connectivity index (χ0) is 19.7. The molecule has 9 heteroatoms. The summed E-state index contributed by atoms with van der Waals surface area (Å²) in [4.78, 5) is 23.1. The average molecular weight is 398 g/mol. The molecule has 0 saturated carbocycles. The van der Waals surface area contributed by atoms with E-state index in [2.05, 4.69) is 15.3 Å². The summed E-state index contributed by atoms with van der Waals surface area (Å²) in [6.07, 6.45) is 4.45. The van der Waals surface area contributed by atoms with E-state index in [9.17, 15) is 4.79 Å². The van der Waals surface area contributed by atoms with Crippen LogP contribution in [-0.2, 0) is 16.0 Å². The molecular formula is C20H22N4O5. The first-order chi connectivity index (χ1) is 14.2. The van der Waals surface area contributed by atoms with Gasteiger partial charge in [-0.05, 0) is 17.7 Å². The van der Waals surface area contributed by atoms with Crippen molar-refractivity contribution in [3.63, 3.8) is 0 Å². The molecule has 1 aromatic heterocycles. The lowest BCUT2D eigenvalue weighted by molar-refractivity contribution is -0.181. The van der Waals surface area contributed by atoms with Gasteiger partial charge in [-0.15, -0.1) is 0 Å². The quantitative estimate of drug-likeness (QED) is 0.833. The standard InChI is InChI=1S/C20H22N4O5/c25-19(24-5-3-20(4-6-24)28-7-8-29-20)15-11-23-18(12-21-15)22-10-14-1-2-16-17(9-14)27-13-26-16/h1-2,9,11-12H,3-8,10,13H2,(H,22,23). The molecule has 9 nitrogen and oxygen atoms in total. The minimum Gasteiger partial charge on any atom is -0.454 e. The Balaban J connectivity index is 1.16. The lowest BCUT2D eigenvalue weighted by Crippen LogP contribution is -2.47. The van der Waals surface area contributed by atoms with Crippen LogP contribution < -0.4 is 14.8 Å². The molecule has 1 spiro atoms. The third-order valence-electron chi connectivity index (χ3n) is 5.41. The highest BCUT2D eigenvalue weighted by molar-refractivity contribution is 5.92. The van der Waals surface area contributed by atoms with E-state index in [4.69, 9.17) is 18.9 Å². The summed E-state index contributed by atoms with van der Waals surface area (Å²) >= 11 is 0. The number of likely N-dealkylation sites (tertiary alicyclic amines) is 1. The highest BCUT2D eigenvalue weighted by Gasteiger charge is 2.41. The highest BCUT2D eigenvalue weighted by Crippen LogP contribution is 2.33. The van der Waals surface area contributed by atoms with Crippen molar-refractivity contribution in [1.82, 2.24) is 14.9 Å². The number of piperidine rings is 1. The Morgan fingerprint density at radius 1 is 1.07 bits per heavy atom. The summed E-state index contributed by atoms with van der Waals surface area (Å²) < 4.78 is 22.1. The number of benzene rings is 1. The number of nitrogens with one attached hydrogen (secondary N) is 1. The molecular weight excluding hydrogens is 376 g/mol. The molecule has 1 amide bonds. The fourth-order valence-electron chi connectivity index (χ4n) is 3.77. The second-order valence-electron chi connectivity index (χ2n) is 7.23. The van der Waals surface area contributed by atoms with Crippen LogP contribution in [0.15, 0.2) is 30.6 Å². The van der Waals surface area contributed by atoms with E-state index in [0.29, 0.717) is 57.2 Å². The van der Waals surface area contributed by atoms with E-state index < -0.39 is 5.79 Å². The van der Waals surface area contributed by atoms with Gasteiger partial charge >= 0.3 is 0 Å². The Kier molecular flexibility index (Phi) is 4.69. The monoisotopic (exact) mass is 398 g/mol. The summed E-state index contributed by atoms with van der Waals surface area (Å²) in [5.74, 6) is 1.49. The lowest BCUT2D eigenvalue weighted by Gasteiger charge is -2.37. The number of carbonyl (C=O) groups excluding carboxylic acids is 1. The molecule has 0 aliphatic carbocycles. The maximum atomic E-state index is 12.7. The predicted molar refractivity (Wildman–Crippen MR) is 102 cm³/mol.